The average Bonchev–Trinajstić information content (AvgIpc) is 3.43. The number of hydrogen-bond donors (Lipinski definition) is 0. The van der Waals surface area contributed by atoms with Gasteiger partial charge in [-0.05, 0) is 54.8 Å². The van der Waals surface area contributed by atoms with Gasteiger partial charge in [0.05, 0.1) is 13.2 Å². The van der Waals surface area contributed by atoms with Crippen molar-refractivity contribution in [2.24, 2.45) is 22.7 Å². The Morgan fingerprint density at radius 1 is 1.36 bits per heavy atom. The molecule has 0 atom stereocenters. The lowest BCUT2D eigenvalue weighted by Gasteiger charge is -2.06. The normalized spacial score (nSPS) is 23.0. The first-order valence-corrected chi connectivity index (χ1v) is 8.43. The largest absolute Gasteiger partial charge is 0.477 e. The van der Waals surface area contributed by atoms with Gasteiger partial charge in [0, 0.05) is 12.3 Å². The van der Waals surface area contributed by atoms with Gasteiger partial charge in [-0.1, -0.05) is 13.8 Å². The maximum atomic E-state index is 11.8. The highest BCUT2D eigenvalue weighted by Crippen LogP contribution is 2.93. The van der Waals surface area contributed by atoms with E-state index < -0.39 is 6.09 Å². The lowest BCUT2D eigenvalue weighted by Crippen LogP contribution is -2.17. The maximum absolute atomic E-state index is 11.8. The molecule has 0 bridgehead atoms. The molecule has 3 aliphatic carbocycles. The Hall–Kier alpha value is -1.52. The van der Waals surface area contributed by atoms with Gasteiger partial charge in [-0.25, -0.2) is 4.79 Å². The fraction of sp³-hybridized carbons (Fsp3) is 0.765. The van der Waals surface area contributed by atoms with E-state index in [-0.39, 0.29) is 0 Å². The molecule has 1 aromatic heterocycles. The Labute approximate surface area is 131 Å². The highest BCUT2D eigenvalue weighted by Gasteiger charge is 2.85. The summed E-state index contributed by atoms with van der Waals surface area (Å²) in [6.07, 6.45) is 8.04. The van der Waals surface area contributed by atoms with Gasteiger partial charge < -0.3 is 9.47 Å². The molecule has 4 rings (SSSR count). The molecular weight excluding hydrogens is 280 g/mol. The molecule has 0 N–H and O–H groups in total. The second-order valence-electron chi connectivity index (χ2n) is 7.57. The third kappa shape index (κ3) is 2.13. The lowest BCUT2D eigenvalue weighted by atomic mass is 10.2. The van der Waals surface area contributed by atoms with E-state index in [9.17, 15) is 4.79 Å². The quantitative estimate of drug-likeness (QED) is 0.807. The predicted molar refractivity (Wildman–Crippen MR) is 80.7 cm³/mol. The summed E-state index contributed by atoms with van der Waals surface area (Å²) < 4.78 is 12.1. The summed E-state index contributed by atoms with van der Waals surface area (Å²) in [5.74, 6) is 1.72. The van der Waals surface area contributed by atoms with Crippen molar-refractivity contribution in [2.45, 2.75) is 46.0 Å². The molecule has 3 aliphatic rings. The van der Waals surface area contributed by atoms with Gasteiger partial charge >= 0.3 is 6.09 Å². The minimum absolute atomic E-state index is 0.318. The summed E-state index contributed by atoms with van der Waals surface area (Å²) in [7, 11) is 0. The molecule has 5 heteroatoms. The molecule has 5 nitrogen and oxygen atoms in total. The Morgan fingerprint density at radius 2 is 2.05 bits per heavy atom. The van der Waals surface area contributed by atoms with Crippen LogP contribution >= 0.6 is 0 Å². The molecule has 120 valence electrons. The number of ether oxygens (including phenoxy) is 2. The molecule has 22 heavy (non-hydrogen) atoms. The van der Waals surface area contributed by atoms with Crippen molar-refractivity contribution < 1.29 is 14.3 Å². The van der Waals surface area contributed by atoms with Gasteiger partial charge in [0.1, 0.15) is 0 Å². The molecule has 0 amide bonds. The van der Waals surface area contributed by atoms with E-state index in [0.29, 0.717) is 25.0 Å². The van der Waals surface area contributed by atoms with Crippen LogP contribution in [0.15, 0.2) is 12.3 Å². The van der Waals surface area contributed by atoms with Crippen LogP contribution in [-0.2, 0) is 4.74 Å². The SMILES string of the molecule is CC(C)COC(=O)n1ccc(OCCC2C3(CC3)C23CC3)n1. The summed E-state index contributed by atoms with van der Waals surface area (Å²) in [6, 6.07) is 1.73. The van der Waals surface area contributed by atoms with Crippen LogP contribution in [0, 0.1) is 22.7 Å². The molecule has 1 aromatic rings. The summed E-state index contributed by atoms with van der Waals surface area (Å²) in [5.41, 5.74) is 1.47. The Morgan fingerprint density at radius 3 is 2.64 bits per heavy atom. The summed E-state index contributed by atoms with van der Waals surface area (Å²) >= 11 is 0. The number of nitrogens with zero attached hydrogens (tertiary/aromatic N) is 2. The molecular formula is C17H24N2O3. The number of fused-ring (bicyclic) bond motifs is 1. The van der Waals surface area contributed by atoms with E-state index >= 15 is 0 Å². The van der Waals surface area contributed by atoms with Crippen molar-refractivity contribution in [3.63, 3.8) is 0 Å². The number of aromatic nitrogens is 2. The van der Waals surface area contributed by atoms with Crippen LogP contribution in [0.1, 0.15) is 46.0 Å². The zero-order valence-corrected chi connectivity index (χ0v) is 13.4. The van der Waals surface area contributed by atoms with Crippen LogP contribution in [0.4, 0.5) is 4.79 Å². The van der Waals surface area contributed by atoms with E-state index in [1.54, 1.807) is 12.3 Å². The molecule has 2 spiro atoms. The molecule has 0 saturated heterocycles. The first-order valence-electron chi connectivity index (χ1n) is 8.43. The topological polar surface area (TPSA) is 53.4 Å². The van der Waals surface area contributed by atoms with Gasteiger partial charge in [0.15, 0.2) is 0 Å². The van der Waals surface area contributed by atoms with E-state index in [2.05, 4.69) is 5.10 Å². The highest BCUT2D eigenvalue weighted by atomic mass is 16.6. The molecule has 0 unspecified atom stereocenters. The Bertz CT molecular complexity index is 566. The van der Waals surface area contributed by atoms with Crippen LogP contribution in [0.2, 0.25) is 0 Å². The molecule has 0 aromatic carbocycles. The summed E-state index contributed by atoms with van der Waals surface area (Å²) in [5, 5.41) is 4.13. The first-order chi connectivity index (χ1) is 10.6. The minimum atomic E-state index is -0.445. The van der Waals surface area contributed by atoms with E-state index in [1.807, 2.05) is 13.8 Å². The van der Waals surface area contributed by atoms with Crippen molar-refractivity contribution in [1.29, 1.82) is 0 Å². The monoisotopic (exact) mass is 304 g/mol. The predicted octanol–water partition coefficient (Wildman–Crippen LogP) is 3.48. The number of rotatable bonds is 6. The molecule has 0 radical (unpaired) electrons. The van der Waals surface area contributed by atoms with Crippen molar-refractivity contribution in [3.05, 3.63) is 12.3 Å². The standard InChI is InChI=1S/C17H24N2O3/c1-12(2)11-22-15(20)19-9-3-14(18-19)21-10-4-13-16(5-6-16)17(13)7-8-17/h3,9,12-13H,4-8,10-11H2,1-2H3. The fourth-order valence-electron chi connectivity index (χ4n) is 4.43. The maximum Gasteiger partial charge on any atom is 0.434 e. The van der Waals surface area contributed by atoms with Crippen molar-refractivity contribution in [3.8, 4) is 5.88 Å². The summed E-state index contributed by atoms with van der Waals surface area (Å²) in [4.78, 5) is 11.8. The summed E-state index contributed by atoms with van der Waals surface area (Å²) in [6.45, 7) is 5.11. The molecule has 1 heterocycles. The highest BCUT2D eigenvalue weighted by molar-refractivity contribution is 5.69. The smallest absolute Gasteiger partial charge is 0.434 e. The van der Waals surface area contributed by atoms with E-state index in [0.717, 1.165) is 23.2 Å². The van der Waals surface area contributed by atoms with Gasteiger partial charge in [-0.2, -0.15) is 4.68 Å². The fourth-order valence-corrected chi connectivity index (χ4v) is 4.43. The zero-order valence-electron chi connectivity index (χ0n) is 13.4. The van der Waals surface area contributed by atoms with Crippen molar-refractivity contribution >= 4 is 6.09 Å². The second kappa shape index (κ2) is 4.74. The van der Waals surface area contributed by atoms with Crippen molar-refractivity contribution in [2.75, 3.05) is 13.2 Å². The number of hydrogen-bond acceptors (Lipinski definition) is 4. The molecule has 0 aliphatic heterocycles. The first kappa shape index (κ1) is 14.1. The van der Waals surface area contributed by atoms with Crippen LogP contribution in [0.25, 0.3) is 0 Å². The van der Waals surface area contributed by atoms with Gasteiger partial charge in [-0.15, -0.1) is 5.10 Å². The minimum Gasteiger partial charge on any atom is -0.477 e. The van der Waals surface area contributed by atoms with E-state index in [1.165, 1.54) is 30.4 Å². The van der Waals surface area contributed by atoms with Crippen LogP contribution in [0.3, 0.4) is 0 Å². The Kier molecular flexibility index (Phi) is 3.03. The third-order valence-electron chi connectivity index (χ3n) is 5.77. The number of carbonyl (C=O) groups is 1. The van der Waals surface area contributed by atoms with Crippen LogP contribution < -0.4 is 4.74 Å². The molecule has 3 saturated carbocycles. The lowest BCUT2D eigenvalue weighted by molar-refractivity contribution is 0.130. The Balaban J connectivity index is 1.23. The van der Waals surface area contributed by atoms with Crippen LogP contribution in [0.5, 0.6) is 5.88 Å². The van der Waals surface area contributed by atoms with Gasteiger partial charge in [0.2, 0.25) is 5.88 Å². The average molecular weight is 304 g/mol. The van der Waals surface area contributed by atoms with E-state index in [4.69, 9.17) is 9.47 Å². The second-order valence-corrected chi connectivity index (χ2v) is 7.57. The van der Waals surface area contributed by atoms with Gasteiger partial charge in [-0.3, -0.25) is 0 Å². The molecule has 3 fully saturated rings. The number of carbonyl (C=O) groups excluding carboxylic acids is 1. The zero-order chi connectivity index (χ0) is 15.4. The third-order valence-corrected chi connectivity index (χ3v) is 5.77. The van der Waals surface area contributed by atoms with Crippen LogP contribution in [-0.4, -0.2) is 29.1 Å². The van der Waals surface area contributed by atoms with Crippen molar-refractivity contribution in [1.82, 2.24) is 9.78 Å². The van der Waals surface area contributed by atoms with Gasteiger partial charge in [0.25, 0.3) is 0 Å².